The van der Waals surface area contributed by atoms with Crippen molar-refractivity contribution in [2.75, 3.05) is 13.6 Å². The van der Waals surface area contributed by atoms with Gasteiger partial charge in [0.25, 0.3) is 0 Å². The Morgan fingerprint density at radius 3 is 2.76 bits per heavy atom. The SMILES string of the molecule is CNCC1Cc2cc(F)cc(-c3ccc(Cl)cc3Cl)c2O1. The minimum atomic E-state index is -0.288. The standard InChI is InChI=1S/C16H14Cl2FNO/c1-20-8-12-5-9-4-11(19)7-14(16(9)21-12)13-3-2-10(17)6-15(13)18/h2-4,6-7,12,20H,5,8H2,1H3. The van der Waals surface area contributed by atoms with Gasteiger partial charge in [0.05, 0.1) is 5.02 Å². The van der Waals surface area contributed by atoms with Gasteiger partial charge in [0.1, 0.15) is 17.7 Å². The molecule has 5 heteroatoms. The van der Waals surface area contributed by atoms with E-state index in [4.69, 9.17) is 27.9 Å². The Hall–Kier alpha value is -1.29. The number of benzene rings is 2. The van der Waals surface area contributed by atoms with E-state index >= 15 is 0 Å². The minimum absolute atomic E-state index is 0.0108. The van der Waals surface area contributed by atoms with Crippen molar-refractivity contribution in [1.29, 1.82) is 0 Å². The maximum absolute atomic E-state index is 13.9. The minimum Gasteiger partial charge on any atom is -0.488 e. The maximum Gasteiger partial charge on any atom is 0.131 e. The fourth-order valence-corrected chi connectivity index (χ4v) is 3.15. The maximum atomic E-state index is 13.9. The molecule has 0 fully saturated rings. The Morgan fingerprint density at radius 1 is 1.24 bits per heavy atom. The Morgan fingerprint density at radius 2 is 2.05 bits per heavy atom. The molecule has 0 radical (unpaired) electrons. The van der Waals surface area contributed by atoms with Crippen LogP contribution in [0, 0.1) is 5.82 Å². The number of ether oxygens (including phenoxy) is 1. The topological polar surface area (TPSA) is 21.3 Å². The molecule has 0 amide bonds. The lowest BCUT2D eigenvalue weighted by Crippen LogP contribution is -2.27. The normalized spacial score (nSPS) is 16.7. The second-order valence-corrected chi connectivity index (χ2v) is 5.91. The van der Waals surface area contributed by atoms with Crippen LogP contribution < -0.4 is 10.1 Å². The zero-order valence-electron chi connectivity index (χ0n) is 11.4. The van der Waals surface area contributed by atoms with Gasteiger partial charge >= 0.3 is 0 Å². The highest BCUT2D eigenvalue weighted by atomic mass is 35.5. The average molecular weight is 326 g/mol. The molecule has 0 aliphatic carbocycles. The summed E-state index contributed by atoms with van der Waals surface area (Å²) in [5, 5.41) is 4.10. The van der Waals surface area contributed by atoms with Gasteiger partial charge in [-0.1, -0.05) is 29.3 Å². The Labute approximate surface area is 132 Å². The first-order valence-corrected chi connectivity index (χ1v) is 7.43. The van der Waals surface area contributed by atoms with Crippen molar-refractivity contribution in [3.05, 3.63) is 51.8 Å². The second kappa shape index (κ2) is 5.84. The molecule has 1 heterocycles. The summed E-state index contributed by atoms with van der Waals surface area (Å²) in [6.07, 6.45) is 0.697. The highest BCUT2D eigenvalue weighted by Gasteiger charge is 2.27. The van der Waals surface area contributed by atoms with Gasteiger partial charge in [-0.2, -0.15) is 0 Å². The van der Waals surface area contributed by atoms with Crippen molar-refractivity contribution in [2.24, 2.45) is 0 Å². The molecule has 1 aliphatic heterocycles. The van der Waals surface area contributed by atoms with E-state index in [2.05, 4.69) is 5.32 Å². The number of hydrogen-bond donors (Lipinski definition) is 1. The molecule has 1 N–H and O–H groups in total. The number of nitrogens with one attached hydrogen (secondary N) is 1. The van der Waals surface area contributed by atoms with Gasteiger partial charge in [-0.25, -0.2) is 4.39 Å². The first-order chi connectivity index (χ1) is 10.1. The summed E-state index contributed by atoms with van der Waals surface area (Å²) < 4.78 is 19.8. The summed E-state index contributed by atoms with van der Waals surface area (Å²) in [4.78, 5) is 0. The smallest absolute Gasteiger partial charge is 0.131 e. The molecule has 3 rings (SSSR count). The van der Waals surface area contributed by atoms with Crippen LogP contribution in [0.25, 0.3) is 11.1 Å². The van der Waals surface area contributed by atoms with Crippen LogP contribution in [0.15, 0.2) is 30.3 Å². The van der Waals surface area contributed by atoms with Crippen LogP contribution in [0.5, 0.6) is 5.75 Å². The predicted octanol–water partition coefficient (Wildman–Crippen LogP) is 4.32. The van der Waals surface area contributed by atoms with Crippen LogP contribution in [-0.2, 0) is 6.42 Å². The van der Waals surface area contributed by atoms with Gasteiger partial charge in [-0.15, -0.1) is 0 Å². The largest absolute Gasteiger partial charge is 0.488 e. The van der Waals surface area contributed by atoms with Gasteiger partial charge in [0.2, 0.25) is 0 Å². The van der Waals surface area contributed by atoms with Crippen LogP contribution in [-0.4, -0.2) is 19.7 Å². The third-order valence-corrected chi connectivity index (χ3v) is 4.06. The van der Waals surface area contributed by atoms with Crippen molar-refractivity contribution >= 4 is 23.2 Å². The number of rotatable bonds is 3. The van der Waals surface area contributed by atoms with E-state index in [1.807, 2.05) is 7.05 Å². The molecular formula is C16H14Cl2FNO. The van der Waals surface area contributed by atoms with Crippen LogP contribution in [0.2, 0.25) is 10.0 Å². The van der Waals surface area contributed by atoms with Gasteiger partial charge in [-0.05, 0) is 31.3 Å². The summed E-state index contributed by atoms with van der Waals surface area (Å²) in [7, 11) is 1.86. The molecule has 0 bridgehead atoms. The van der Waals surface area contributed by atoms with Crippen molar-refractivity contribution in [3.8, 4) is 16.9 Å². The fraction of sp³-hybridized carbons (Fsp3) is 0.250. The number of hydrogen-bond acceptors (Lipinski definition) is 2. The van der Waals surface area contributed by atoms with Gasteiger partial charge < -0.3 is 10.1 Å². The molecular weight excluding hydrogens is 312 g/mol. The average Bonchev–Trinajstić information content (AvgIpc) is 2.81. The van der Waals surface area contributed by atoms with E-state index in [1.54, 1.807) is 18.2 Å². The molecule has 1 atom stereocenters. The zero-order valence-corrected chi connectivity index (χ0v) is 12.9. The highest BCUT2D eigenvalue weighted by molar-refractivity contribution is 6.36. The number of likely N-dealkylation sites (N-methyl/N-ethyl adjacent to an activating group) is 1. The summed E-state index contributed by atoms with van der Waals surface area (Å²) in [5.41, 5.74) is 2.27. The van der Waals surface area contributed by atoms with E-state index < -0.39 is 0 Å². The van der Waals surface area contributed by atoms with Crippen LogP contribution in [0.3, 0.4) is 0 Å². The Balaban J connectivity index is 2.08. The molecule has 2 aromatic rings. The molecule has 0 saturated carbocycles. The summed E-state index contributed by atoms with van der Waals surface area (Å²) in [6, 6.07) is 8.15. The lowest BCUT2D eigenvalue weighted by molar-refractivity contribution is 0.232. The molecule has 0 saturated heterocycles. The van der Waals surface area contributed by atoms with Crippen molar-refractivity contribution in [1.82, 2.24) is 5.32 Å². The van der Waals surface area contributed by atoms with Crippen LogP contribution >= 0.6 is 23.2 Å². The van der Waals surface area contributed by atoms with Crippen LogP contribution in [0.4, 0.5) is 4.39 Å². The number of fused-ring (bicyclic) bond motifs is 1. The zero-order chi connectivity index (χ0) is 15.0. The summed E-state index contributed by atoms with van der Waals surface area (Å²) in [5.74, 6) is 0.421. The van der Waals surface area contributed by atoms with E-state index in [9.17, 15) is 4.39 Å². The third-order valence-electron chi connectivity index (χ3n) is 3.52. The van der Waals surface area contributed by atoms with Crippen LogP contribution in [0.1, 0.15) is 5.56 Å². The van der Waals surface area contributed by atoms with E-state index in [0.29, 0.717) is 34.3 Å². The first-order valence-electron chi connectivity index (χ1n) is 6.67. The van der Waals surface area contributed by atoms with E-state index in [-0.39, 0.29) is 11.9 Å². The van der Waals surface area contributed by atoms with Gasteiger partial charge in [0, 0.05) is 34.7 Å². The van der Waals surface area contributed by atoms with Crippen molar-refractivity contribution in [3.63, 3.8) is 0 Å². The lowest BCUT2D eigenvalue weighted by Gasteiger charge is -2.13. The van der Waals surface area contributed by atoms with Gasteiger partial charge in [0.15, 0.2) is 0 Å². The fourth-order valence-electron chi connectivity index (χ4n) is 2.64. The first kappa shape index (κ1) is 14.6. The lowest BCUT2D eigenvalue weighted by atomic mass is 10.00. The summed E-state index contributed by atoms with van der Waals surface area (Å²) >= 11 is 12.2. The monoisotopic (exact) mass is 325 g/mol. The third kappa shape index (κ3) is 2.86. The Kier molecular flexibility index (Phi) is 4.07. The molecule has 21 heavy (non-hydrogen) atoms. The molecule has 1 aliphatic rings. The molecule has 1 unspecified atom stereocenters. The van der Waals surface area contributed by atoms with Gasteiger partial charge in [-0.3, -0.25) is 0 Å². The van der Waals surface area contributed by atoms with E-state index in [0.717, 1.165) is 11.1 Å². The second-order valence-electron chi connectivity index (χ2n) is 5.07. The quantitative estimate of drug-likeness (QED) is 0.907. The number of halogens is 3. The van der Waals surface area contributed by atoms with E-state index in [1.165, 1.54) is 12.1 Å². The molecule has 0 spiro atoms. The van der Waals surface area contributed by atoms with Crippen molar-refractivity contribution < 1.29 is 9.13 Å². The Bertz CT molecular complexity index is 690. The molecule has 2 nitrogen and oxygen atoms in total. The molecule has 110 valence electrons. The molecule has 0 aromatic heterocycles. The predicted molar refractivity (Wildman–Crippen MR) is 83.9 cm³/mol. The molecule has 2 aromatic carbocycles. The van der Waals surface area contributed by atoms with Crippen molar-refractivity contribution in [2.45, 2.75) is 12.5 Å². The summed E-state index contributed by atoms with van der Waals surface area (Å²) in [6.45, 7) is 0.712. The highest BCUT2D eigenvalue weighted by Crippen LogP contribution is 2.42.